The van der Waals surface area contributed by atoms with Crippen molar-refractivity contribution in [3.63, 3.8) is 0 Å². The molecular weight excluding hydrogens is 422 g/mol. The molecule has 0 saturated heterocycles. The van der Waals surface area contributed by atoms with Gasteiger partial charge in [0.15, 0.2) is 17.3 Å². The smallest absolute Gasteiger partial charge is 0.203 e. The van der Waals surface area contributed by atoms with Gasteiger partial charge in [0, 0.05) is 17.0 Å². The van der Waals surface area contributed by atoms with Gasteiger partial charge in [-0.05, 0) is 36.4 Å². The Morgan fingerprint density at radius 3 is 2.00 bits per heavy atom. The molecule has 0 bridgehead atoms. The predicted octanol–water partition coefficient (Wildman–Crippen LogP) is 5.08. The molecule has 4 rings (SSSR count). The van der Waals surface area contributed by atoms with Crippen LogP contribution in [0, 0.1) is 0 Å². The zero-order valence-corrected chi connectivity index (χ0v) is 19.1. The maximum Gasteiger partial charge on any atom is 0.203 e. The highest BCUT2D eigenvalue weighted by Gasteiger charge is 2.17. The van der Waals surface area contributed by atoms with Crippen molar-refractivity contribution < 1.29 is 23.7 Å². The first-order valence-corrected chi connectivity index (χ1v) is 10.2. The van der Waals surface area contributed by atoms with Crippen molar-refractivity contribution in [2.75, 3.05) is 40.9 Å². The van der Waals surface area contributed by atoms with E-state index in [1.54, 1.807) is 35.5 Å². The fourth-order valence-corrected chi connectivity index (χ4v) is 3.54. The van der Waals surface area contributed by atoms with E-state index in [2.05, 4.69) is 5.32 Å². The van der Waals surface area contributed by atoms with Crippen LogP contribution in [0.4, 0.5) is 11.5 Å². The van der Waals surface area contributed by atoms with Gasteiger partial charge < -0.3 is 29.0 Å². The minimum Gasteiger partial charge on any atom is -0.497 e. The summed E-state index contributed by atoms with van der Waals surface area (Å²) < 4.78 is 27.3. The van der Waals surface area contributed by atoms with Crippen LogP contribution in [0.25, 0.3) is 22.3 Å². The normalized spacial score (nSPS) is 10.6. The van der Waals surface area contributed by atoms with E-state index in [-0.39, 0.29) is 0 Å². The molecule has 8 nitrogen and oxygen atoms in total. The number of nitrogens with zero attached hydrogens (tertiary/aromatic N) is 2. The van der Waals surface area contributed by atoms with E-state index in [1.165, 1.54) is 0 Å². The summed E-state index contributed by atoms with van der Waals surface area (Å²) in [5.74, 6) is 4.01. The van der Waals surface area contributed by atoms with Gasteiger partial charge in [-0.2, -0.15) is 0 Å². The van der Waals surface area contributed by atoms with Gasteiger partial charge in [-0.1, -0.05) is 12.1 Å². The third-order valence-corrected chi connectivity index (χ3v) is 5.19. The number of para-hydroxylation sites is 1. The highest BCUT2D eigenvalue weighted by Crippen LogP contribution is 2.41. The third kappa shape index (κ3) is 4.27. The van der Waals surface area contributed by atoms with Crippen LogP contribution in [0.1, 0.15) is 0 Å². The number of anilines is 2. The second kappa shape index (κ2) is 9.52. The fourth-order valence-electron chi connectivity index (χ4n) is 3.54. The molecular formula is C25H25N3O5. The Balaban J connectivity index is 1.87. The van der Waals surface area contributed by atoms with Crippen molar-refractivity contribution in [3.05, 3.63) is 54.6 Å². The summed E-state index contributed by atoms with van der Waals surface area (Å²) in [6.07, 6.45) is 0. The Hall–Kier alpha value is -4.20. The van der Waals surface area contributed by atoms with Crippen LogP contribution < -0.4 is 29.0 Å². The lowest BCUT2D eigenvalue weighted by molar-refractivity contribution is 0.324. The number of ether oxygens (including phenoxy) is 5. The van der Waals surface area contributed by atoms with Crippen LogP contribution in [-0.4, -0.2) is 45.5 Å². The first-order chi connectivity index (χ1) is 16.1. The van der Waals surface area contributed by atoms with Crippen molar-refractivity contribution in [2.45, 2.75) is 0 Å². The van der Waals surface area contributed by atoms with Crippen molar-refractivity contribution in [1.29, 1.82) is 0 Å². The lowest BCUT2D eigenvalue weighted by Crippen LogP contribution is -2.02. The molecule has 1 heterocycles. The largest absolute Gasteiger partial charge is 0.497 e. The van der Waals surface area contributed by atoms with Crippen LogP contribution in [0.3, 0.4) is 0 Å². The summed E-state index contributed by atoms with van der Waals surface area (Å²) in [6.45, 7) is 0. The van der Waals surface area contributed by atoms with Crippen LogP contribution >= 0.6 is 0 Å². The highest BCUT2D eigenvalue weighted by molar-refractivity contribution is 5.93. The van der Waals surface area contributed by atoms with E-state index in [0.717, 1.165) is 22.2 Å². The van der Waals surface area contributed by atoms with Gasteiger partial charge in [0.25, 0.3) is 0 Å². The van der Waals surface area contributed by atoms with Gasteiger partial charge >= 0.3 is 0 Å². The van der Waals surface area contributed by atoms with Gasteiger partial charge in [0.1, 0.15) is 17.3 Å². The van der Waals surface area contributed by atoms with Crippen molar-refractivity contribution in [2.24, 2.45) is 0 Å². The quantitative estimate of drug-likeness (QED) is 0.400. The lowest BCUT2D eigenvalue weighted by atomic mass is 10.1. The third-order valence-electron chi connectivity index (χ3n) is 5.19. The molecule has 4 aromatic rings. The molecule has 0 atom stereocenters. The number of fused-ring (bicyclic) bond motifs is 1. The monoisotopic (exact) mass is 447 g/mol. The summed E-state index contributed by atoms with van der Waals surface area (Å²) in [4.78, 5) is 9.60. The molecule has 0 radical (unpaired) electrons. The first kappa shape index (κ1) is 22.0. The molecule has 8 heteroatoms. The summed E-state index contributed by atoms with van der Waals surface area (Å²) >= 11 is 0. The molecule has 33 heavy (non-hydrogen) atoms. The number of benzene rings is 3. The van der Waals surface area contributed by atoms with Crippen LogP contribution in [0.5, 0.6) is 28.7 Å². The Morgan fingerprint density at radius 2 is 1.36 bits per heavy atom. The van der Waals surface area contributed by atoms with E-state index in [9.17, 15) is 0 Å². The SMILES string of the molecule is COc1ccc(Nc2nc(-c3cc(OC)c(OC)c(OC)c3)nc3ccccc23)c(OC)c1. The molecule has 1 aromatic heterocycles. The average molecular weight is 447 g/mol. The summed E-state index contributed by atoms with van der Waals surface area (Å²) in [5, 5.41) is 4.26. The minimum absolute atomic E-state index is 0.503. The second-order valence-corrected chi connectivity index (χ2v) is 7.02. The molecule has 0 aliphatic heterocycles. The summed E-state index contributed by atoms with van der Waals surface area (Å²) in [7, 11) is 7.94. The molecule has 0 fully saturated rings. The van der Waals surface area contributed by atoms with Gasteiger partial charge in [0.05, 0.1) is 46.8 Å². The Kier molecular flexibility index (Phi) is 6.35. The zero-order valence-electron chi connectivity index (χ0n) is 19.1. The molecule has 1 N–H and O–H groups in total. The summed E-state index contributed by atoms with van der Waals surface area (Å²) in [5.41, 5.74) is 2.25. The average Bonchev–Trinajstić information content (AvgIpc) is 2.87. The standard InChI is InChI=1S/C25H25N3O5/c1-29-16-10-11-19(20(14-16)30-2)27-25-17-8-6-7-9-18(17)26-24(28-25)15-12-21(31-3)23(33-5)22(13-15)32-4/h6-14H,1-5H3,(H,26,27,28). The minimum atomic E-state index is 0.503. The number of hydrogen-bond acceptors (Lipinski definition) is 8. The number of aromatic nitrogens is 2. The topological polar surface area (TPSA) is 84.0 Å². The van der Waals surface area contributed by atoms with Crippen molar-refractivity contribution in [3.8, 4) is 40.1 Å². The van der Waals surface area contributed by atoms with E-state index >= 15 is 0 Å². The highest BCUT2D eigenvalue weighted by atomic mass is 16.5. The number of rotatable bonds is 8. The molecule has 0 saturated carbocycles. The van der Waals surface area contributed by atoms with Gasteiger partial charge in [0.2, 0.25) is 5.75 Å². The maximum atomic E-state index is 5.54. The van der Waals surface area contributed by atoms with E-state index < -0.39 is 0 Å². The van der Waals surface area contributed by atoms with Crippen LogP contribution in [0.2, 0.25) is 0 Å². The Labute approximate surface area is 192 Å². The van der Waals surface area contributed by atoms with E-state index in [0.29, 0.717) is 40.4 Å². The Morgan fingerprint density at radius 1 is 0.667 bits per heavy atom. The lowest BCUT2D eigenvalue weighted by Gasteiger charge is -2.16. The second-order valence-electron chi connectivity index (χ2n) is 7.02. The van der Waals surface area contributed by atoms with E-state index in [4.69, 9.17) is 33.7 Å². The van der Waals surface area contributed by atoms with Crippen LogP contribution in [0.15, 0.2) is 54.6 Å². The molecule has 0 unspecified atom stereocenters. The molecule has 0 aliphatic rings. The molecule has 3 aromatic carbocycles. The van der Waals surface area contributed by atoms with Gasteiger partial charge in [-0.3, -0.25) is 0 Å². The fraction of sp³-hybridized carbons (Fsp3) is 0.200. The van der Waals surface area contributed by atoms with Gasteiger partial charge in [-0.15, -0.1) is 0 Å². The molecule has 0 aliphatic carbocycles. The Bertz CT molecular complexity index is 1270. The van der Waals surface area contributed by atoms with Gasteiger partial charge in [-0.25, -0.2) is 9.97 Å². The maximum absolute atomic E-state index is 5.54. The van der Waals surface area contributed by atoms with Crippen LogP contribution in [-0.2, 0) is 0 Å². The molecule has 170 valence electrons. The van der Waals surface area contributed by atoms with Crippen molar-refractivity contribution >= 4 is 22.4 Å². The molecule has 0 spiro atoms. The first-order valence-electron chi connectivity index (χ1n) is 10.2. The molecule has 0 amide bonds. The number of hydrogen-bond donors (Lipinski definition) is 1. The number of methoxy groups -OCH3 is 5. The zero-order chi connectivity index (χ0) is 23.4. The predicted molar refractivity (Wildman–Crippen MR) is 127 cm³/mol. The summed E-state index contributed by atoms with van der Waals surface area (Å²) in [6, 6.07) is 17.0. The van der Waals surface area contributed by atoms with Crippen molar-refractivity contribution in [1.82, 2.24) is 9.97 Å². The van der Waals surface area contributed by atoms with E-state index in [1.807, 2.05) is 54.6 Å². The number of nitrogens with one attached hydrogen (secondary N) is 1.